The number of benzene rings is 3. The third-order valence-electron chi connectivity index (χ3n) is 6.07. The lowest BCUT2D eigenvalue weighted by molar-refractivity contribution is -0.118. The molecule has 0 fully saturated rings. The number of para-hydroxylation sites is 1. The number of carbonyl (C=O) groups is 2. The van der Waals surface area contributed by atoms with E-state index in [1.54, 1.807) is 41.1 Å². The Hall–Kier alpha value is -4.41. The summed E-state index contributed by atoms with van der Waals surface area (Å²) in [5, 5.41) is 20.3. The van der Waals surface area contributed by atoms with Gasteiger partial charge in [-0.1, -0.05) is 41.9 Å². The third kappa shape index (κ3) is 4.16. The fourth-order valence-corrected chi connectivity index (χ4v) is 4.53. The van der Waals surface area contributed by atoms with Crippen LogP contribution in [0.2, 0.25) is 5.02 Å². The predicted molar refractivity (Wildman–Crippen MR) is 133 cm³/mol. The molecule has 1 aliphatic rings. The standard InChI is InChI=1S/C27H20ClN5O2/c1-16-22-23(18-9-7-17(15-29)8-10-18)24(30-26(34)19-11-13-20(28)14-12-19)27(35)31-25(22)33(32-16)21-5-3-2-4-6-21/h2-14,23-24H,1H3,(H,30,34)(H,31,35)/t23-,24+/m1/s1. The molecule has 0 radical (unpaired) electrons. The van der Waals surface area contributed by atoms with Crippen molar-refractivity contribution in [1.82, 2.24) is 15.1 Å². The highest BCUT2D eigenvalue weighted by Gasteiger charge is 2.41. The fraction of sp³-hybridized carbons (Fsp3) is 0.111. The van der Waals surface area contributed by atoms with Crippen LogP contribution in [0.15, 0.2) is 78.9 Å². The molecular weight excluding hydrogens is 462 g/mol. The summed E-state index contributed by atoms with van der Waals surface area (Å²) in [6.45, 7) is 1.88. The van der Waals surface area contributed by atoms with Crippen LogP contribution >= 0.6 is 11.6 Å². The third-order valence-corrected chi connectivity index (χ3v) is 6.32. The summed E-state index contributed by atoms with van der Waals surface area (Å²) in [4.78, 5) is 26.5. The number of rotatable bonds is 4. The van der Waals surface area contributed by atoms with Gasteiger partial charge in [0, 0.05) is 22.1 Å². The highest BCUT2D eigenvalue weighted by Crippen LogP contribution is 2.40. The van der Waals surface area contributed by atoms with E-state index in [0.717, 1.165) is 22.5 Å². The summed E-state index contributed by atoms with van der Waals surface area (Å²) in [5.74, 6) is -0.700. The van der Waals surface area contributed by atoms with Crippen molar-refractivity contribution in [1.29, 1.82) is 5.26 Å². The minimum atomic E-state index is -0.897. The Balaban J connectivity index is 1.62. The molecule has 0 spiro atoms. The van der Waals surface area contributed by atoms with E-state index >= 15 is 0 Å². The summed E-state index contributed by atoms with van der Waals surface area (Å²) < 4.78 is 1.70. The van der Waals surface area contributed by atoms with E-state index in [-0.39, 0.29) is 5.91 Å². The number of fused-ring (bicyclic) bond motifs is 1. The Morgan fingerprint density at radius 2 is 1.74 bits per heavy atom. The second-order valence-corrected chi connectivity index (χ2v) is 8.69. The number of hydrogen-bond acceptors (Lipinski definition) is 4. The minimum Gasteiger partial charge on any atom is -0.339 e. The number of anilines is 1. The van der Waals surface area contributed by atoms with E-state index in [0.29, 0.717) is 22.0 Å². The van der Waals surface area contributed by atoms with Gasteiger partial charge < -0.3 is 10.6 Å². The fourth-order valence-electron chi connectivity index (χ4n) is 4.40. The van der Waals surface area contributed by atoms with Gasteiger partial charge in [0.15, 0.2) is 0 Å². The maximum atomic E-state index is 13.4. The van der Waals surface area contributed by atoms with Crippen LogP contribution in [0.4, 0.5) is 5.82 Å². The molecule has 0 saturated heterocycles. The molecule has 5 rings (SSSR count). The van der Waals surface area contributed by atoms with Crippen molar-refractivity contribution in [2.45, 2.75) is 18.9 Å². The topological polar surface area (TPSA) is 99.8 Å². The quantitative estimate of drug-likeness (QED) is 0.445. The van der Waals surface area contributed by atoms with Gasteiger partial charge in [-0.25, -0.2) is 4.68 Å². The molecule has 172 valence electrons. The molecule has 0 saturated carbocycles. The molecule has 7 nitrogen and oxygen atoms in total. The molecule has 3 aromatic carbocycles. The maximum Gasteiger partial charge on any atom is 0.251 e. The zero-order valence-corrected chi connectivity index (χ0v) is 19.5. The lowest BCUT2D eigenvalue weighted by atomic mass is 9.81. The van der Waals surface area contributed by atoms with E-state index in [9.17, 15) is 14.9 Å². The molecule has 2 atom stereocenters. The van der Waals surface area contributed by atoms with Gasteiger partial charge in [-0.2, -0.15) is 10.4 Å². The van der Waals surface area contributed by atoms with Crippen LogP contribution < -0.4 is 10.6 Å². The second-order valence-electron chi connectivity index (χ2n) is 8.25. The molecule has 0 unspecified atom stereocenters. The number of nitrogens with zero attached hydrogens (tertiary/aromatic N) is 3. The van der Waals surface area contributed by atoms with Crippen molar-refractivity contribution in [3.63, 3.8) is 0 Å². The summed E-state index contributed by atoms with van der Waals surface area (Å²) in [5.41, 5.74) is 4.02. The summed E-state index contributed by atoms with van der Waals surface area (Å²) in [6, 6.07) is 24.2. The molecule has 1 aliphatic heterocycles. The normalized spacial score (nSPS) is 16.7. The first kappa shape index (κ1) is 22.4. The Labute approximate surface area is 207 Å². The number of halogens is 1. The van der Waals surface area contributed by atoms with Gasteiger partial charge in [0.25, 0.3) is 5.91 Å². The van der Waals surface area contributed by atoms with Crippen LogP contribution in [-0.4, -0.2) is 27.6 Å². The van der Waals surface area contributed by atoms with E-state index in [2.05, 4.69) is 16.7 Å². The van der Waals surface area contributed by atoms with Crippen LogP contribution in [0.3, 0.4) is 0 Å². The first-order valence-electron chi connectivity index (χ1n) is 11.0. The predicted octanol–water partition coefficient (Wildman–Crippen LogP) is 4.59. The molecule has 0 aliphatic carbocycles. The van der Waals surface area contributed by atoms with Crippen molar-refractivity contribution in [2.75, 3.05) is 5.32 Å². The first-order valence-corrected chi connectivity index (χ1v) is 11.4. The average Bonchev–Trinajstić information content (AvgIpc) is 3.21. The van der Waals surface area contributed by atoms with Gasteiger partial charge in [-0.3, -0.25) is 9.59 Å². The Kier molecular flexibility index (Phi) is 5.81. The van der Waals surface area contributed by atoms with Crippen molar-refractivity contribution >= 4 is 29.2 Å². The lowest BCUT2D eigenvalue weighted by Crippen LogP contribution is -2.50. The van der Waals surface area contributed by atoms with Crippen LogP contribution in [0.1, 0.15) is 38.7 Å². The molecule has 1 aromatic heterocycles. The molecule has 8 heteroatoms. The zero-order valence-electron chi connectivity index (χ0n) is 18.7. The van der Waals surface area contributed by atoms with Crippen molar-refractivity contribution < 1.29 is 9.59 Å². The Bertz CT molecular complexity index is 1450. The lowest BCUT2D eigenvalue weighted by Gasteiger charge is -2.33. The summed E-state index contributed by atoms with van der Waals surface area (Å²) in [6.07, 6.45) is 0. The van der Waals surface area contributed by atoms with Crippen LogP contribution in [-0.2, 0) is 4.79 Å². The number of carbonyl (C=O) groups excluding carboxylic acids is 2. The summed E-state index contributed by atoms with van der Waals surface area (Å²) >= 11 is 5.96. The van der Waals surface area contributed by atoms with E-state index in [4.69, 9.17) is 16.7 Å². The van der Waals surface area contributed by atoms with Crippen molar-refractivity contribution in [3.8, 4) is 11.8 Å². The number of aryl methyl sites for hydroxylation is 1. The second kappa shape index (κ2) is 9.09. The SMILES string of the molecule is Cc1nn(-c2ccccc2)c2c1[C@@H](c1ccc(C#N)cc1)[C@H](NC(=O)c1ccc(Cl)cc1)C(=O)N2. The van der Waals surface area contributed by atoms with E-state index < -0.39 is 17.9 Å². The van der Waals surface area contributed by atoms with Gasteiger partial charge in [0.2, 0.25) is 5.91 Å². The van der Waals surface area contributed by atoms with Gasteiger partial charge in [0.05, 0.1) is 23.0 Å². The number of nitriles is 1. The van der Waals surface area contributed by atoms with E-state index in [1.807, 2.05) is 49.4 Å². The number of hydrogen-bond donors (Lipinski definition) is 2. The molecule has 2 heterocycles. The number of amides is 2. The average molecular weight is 482 g/mol. The van der Waals surface area contributed by atoms with Gasteiger partial charge in [-0.05, 0) is 61.0 Å². The van der Waals surface area contributed by atoms with Gasteiger partial charge in [0.1, 0.15) is 11.9 Å². The molecule has 2 amide bonds. The smallest absolute Gasteiger partial charge is 0.251 e. The zero-order chi connectivity index (χ0) is 24.5. The highest BCUT2D eigenvalue weighted by atomic mass is 35.5. The van der Waals surface area contributed by atoms with Crippen molar-refractivity contribution in [2.24, 2.45) is 0 Å². The number of nitrogens with one attached hydrogen (secondary N) is 2. The first-order chi connectivity index (χ1) is 17.0. The van der Waals surface area contributed by atoms with Gasteiger partial charge in [-0.15, -0.1) is 0 Å². The Morgan fingerprint density at radius 1 is 1.06 bits per heavy atom. The van der Waals surface area contributed by atoms with Crippen LogP contribution in [0.5, 0.6) is 0 Å². The molecule has 2 N–H and O–H groups in total. The molecule has 0 bridgehead atoms. The summed E-state index contributed by atoms with van der Waals surface area (Å²) in [7, 11) is 0. The number of aromatic nitrogens is 2. The molecular formula is C27H20ClN5O2. The monoisotopic (exact) mass is 481 g/mol. The van der Waals surface area contributed by atoms with Crippen molar-refractivity contribution in [3.05, 3.63) is 112 Å². The Morgan fingerprint density at radius 3 is 2.40 bits per heavy atom. The van der Waals surface area contributed by atoms with Gasteiger partial charge >= 0.3 is 0 Å². The van der Waals surface area contributed by atoms with Crippen LogP contribution in [0.25, 0.3) is 5.69 Å². The molecule has 35 heavy (non-hydrogen) atoms. The maximum absolute atomic E-state index is 13.4. The van der Waals surface area contributed by atoms with E-state index in [1.165, 1.54) is 0 Å². The highest BCUT2D eigenvalue weighted by molar-refractivity contribution is 6.30. The molecule has 4 aromatic rings. The minimum absolute atomic E-state index is 0.355. The van der Waals surface area contributed by atoms with Crippen LogP contribution in [0, 0.1) is 18.3 Å². The largest absolute Gasteiger partial charge is 0.339 e.